The van der Waals surface area contributed by atoms with Crippen LogP contribution in [0.1, 0.15) is 31.7 Å². The summed E-state index contributed by atoms with van der Waals surface area (Å²) < 4.78 is 8.66. The van der Waals surface area contributed by atoms with Crippen molar-refractivity contribution in [3.05, 3.63) is 73.5 Å². The van der Waals surface area contributed by atoms with E-state index in [-0.39, 0.29) is 5.56 Å². The highest BCUT2D eigenvalue weighted by molar-refractivity contribution is 9.10. The molecular formula is C22H20BrN3O2S. The minimum atomic E-state index is -0.157. The van der Waals surface area contributed by atoms with Crippen LogP contribution in [0.4, 0.5) is 0 Å². The average molecular weight is 470 g/mol. The Kier molecular flexibility index (Phi) is 6.06. The number of halogens is 1. The zero-order valence-corrected chi connectivity index (χ0v) is 18.4. The fourth-order valence-electron chi connectivity index (χ4n) is 2.93. The van der Waals surface area contributed by atoms with Crippen LogP contribution in [0.25, 0.3) is 22.4 Å². The molecule has 0 saturated carbocycles. The monoisotopic (exact) mass is 469 g/mol. The van der Waals surface area contributed by atoms with Crippen molar-refractivity contribution in [2.75, 3.05) is 6.61 Å². The average Bonchev–Trinajstić information content (AvgIpc) is 3.27. The zero-order chi connectivity index (χ0) is 20.2. The quantitative estimate of drug-likeness (QED) is 0.368. The standard InChI is InChI=1S/C22H20BrN3O2S/c1-2-3-6-13-28-17-11-9-15(10-12-17)20-24-22-26(25-20)21(27)19(29-22)14-16-7-4-5-8-18(16)23/h4-5,7-12,14H,2-3,6,13H2,1H3/b19-14+. The molecule has 0 aliphatic carbocycles. The van der Waals surface area contributed by atoms with Gasteiger partial charge >= 0.3 is 0 Å². The Labute approximate surface area is 180 Å². The Hall–Kier alpha value is -2.51. The lowest BCUT2D eigenvalue weighted by atomic mass is 10.2. The number of aromatic nitrogens is 3. The normalized spacial score (nSPS) is 12.0. The number of hydrogen-bond donors (Lipinski definition) is 0. The molecule has 2 aromatic heterocycles. The topological polar surface area (TPSA) is 56.5 Å². The second-order valence-corrected chi connectivity index (χ2v) is 8.51. The molecule has 29 heavy (non-hydrogen) atoms. The molecule has 7 heteroatoms. The van der Waals surface area contributed by atoms with E-state index in [9.17, 15) is 4.79 Å². The molecule has 0 unspecified atom stereocenters. The molecule has 5 nitrogen and oxygen atoms in total. The van der Waals surface area contributed by atoms with Crippen LogP contribution in [0.15, 0.2) is 57.8 Å². The van der Waals surface area contributed by atoms with Gasteiger partial charge in [0, 0.05) is 10.0 Å². The van der Waals surface area contributed by atoms with Crippen molar-refractivity contribution in [3.63, 3.8) is 0 Å². The van der Waals surface area contributed by atoms with Crippen LogP contribution < -0.4 is 14.8 Å². The Morgan fingerprint density at radius 1 is 1.14 bits per heavy atom. The number of nitrogens with zero attached hydrogens (tertiary/aromatic N) is 3. The van der Waals surface area contributed by atoms with Gasteiger partial charge in [-0.1, -0.05) is 65.2 Å². The molecule has 2 heterocycles. The second kappa shape index (κ2) is 8.88. The van der Waals surface area contributed by atoms with E-state index in [2.05, 4.69) is 32.9 Å². The van der Waals surface area contributed by atoms with Gasteiger partial charge in [0.25, 0.3) is 5.56 Å². The fourth-order valence-corrected chi connectivity index (χ4v) is 4.23. The van der Waals surface area contributed by atoms with Gasteiger partial charge in [0.2, 0.25) is 4.96 Å². The summed E-state index contributed by atoms with van der Waals surface area (Å²) in [4.78, 5) is 17.8. The van der Waals surface area contributed by atoms with E-state index in [0.29, 0.717) is 15.3 Å². The van der Waals surface area contributed by atoms with Gasteiger partial charge in [0.1, 0.15) is 5.75 Å². The van der Waals surface area contributed by atoms with Crippen LogP contribution >= 0.6 is 27.3 Å². The third-order valence-electron chi connectivity index (χ3n) is 4.50. The smallest absolute Gasteiger partial charge is 0.291 e. The van der Waals surface area contributed by atoms with Gasteiger partial charge in [0.15, 0.2) is 5.82 Å². The zero-order valence-electron chi connectivity index (χ0n) is 16.0. The van der Waals surface area contributed by atoms with Crippen molar-refractivity contribution >= 4 is 38.3 Å². The Balaban J connectivity index is 1.57. The molecule has 0 amide bonds. The lowest BCUT2D eigenvalue weighted by molar-refractivity contribution is 0.306. The summed E-state index contributed by atoms with van der Waals surface area (Å²) in [6, 6.07) is 15.5. The number of unbranched alkanes of at least 4 members (excludes halogenated alkanes) is 2. The lowest BCUT2D eigenvalue weighted by Crippen LogP contribution is -2.23. The summed E-state index contributed by atoms with van der Waals surface area (Å²) in [5.74, 6) is 1.37. The molecule has 0 aliphatic heterocycles. The molecule has 0 aliphatic rings. The summed E-state index contributed by atoms with van der Waals surface area (Å²) in [5, 5.41) is 4.41. The molecule has 148 valence electrons. The van der Waals surface area contributed by atoms with E-state index >= 15 is 0 Å². The first-order valence-electron chi connectivity index (χ1n) is 9.55. The van der Waals surface area contributed by atoms with Crippen LogP contribution in [0, 0.1) is 0 Å². The predicted octanol–water partition coefficient (Wildman–Crippen LogP) is 4.70. The first kappa shape index (κ1) is 19.8. The maximum absolute atomic E-state index is 12.7. The van der Waals surface area contributed by atoms with Crippen molar-refractivity contribution < 1.29 is 4.74 Å². The van der Waals surface area contributed by atoms with Crippen molar-refractivity contribution in [2.45, 2.75) is 26.2 Å². The second-order valence-electron chi connectivity index (χ2n) is 6.65. The molecule has 2 aromatic carbocycles. The maximum Gasteiger partial charge on any atom is 0.291 e. The number of thiazole rings is 1. The van der Waals surface area contributed by atoms with Crippen molar-refractivity contribution in [2.24, 2.45) is 0 Å². The Morgan fingerprint density at radius 2 is 1.93 bits per heavy atom. The van der Waals surface area contributed by atoms with Crippen LogP contribution in [0.5, 0.6) is 5.75 Å². The molecule has 0 atom stereocenters. The Bertz CT molecular complexity index is 1230. The number of fused-ring (bicyclic) bond motifs is 1. The van der Waals surface area contributed by atoms with Crippen molar-refractivity contribution in [1.82, 2.24) is 14.6 Å². The van der Waals surface area contributed by atoms with Crippen molar-refractivity contribution in [1.29, 1.82) is 0 Å². The first-order valence-corrected chi connectivity index (χ1v) is 11.2. The summed E-state index contributed by atoms with van der Waals surface area (Å²) in [6.07, 6.45) is 5.26. The molecular weight excluding hydrogens is 450 g/mol. The van der Waals surface area contributed by atoms with Crippen LogP contribution in [0.3, 0.4) is 0 Å². The molecule has 0 N–H and O–H groups in total. The maximum atomic E-state index is 12.7. The van der Waals surface area contributed by atoms with Gasteiger partial charge in [-0.25, -0.2) is 0 Å². The third-order valence-corrected chi connectivity index (χ3v) is 6.18. The number of ether oxygens (including phenoxy) is 1. The molecule has 4 aromatic rings. The number of hydrogen-bond acceptors (Lipinski definition) is 5. The minimum absolute atomic E-state index is 0.157. The third kappa shape index (κ3) is 4.41. The largest absolute Gasteiger partial charge is 0.494 e. The summed E-state index contributed by atoms with van der Waals surface area (Å²) >= 11 is 4.84. The molecule has 0 fully saturated rings. The highest BCUT2D eigenvalue weighted by Gasteiger charge is 2.12. The van der Waals surface area contributed by atoms with E-state index in [1.54, 1.807) is 0 Å². The van der Waals surface area contributed by atoms with Crippen LogP contribution in [-0.4, -0.2) is 21.2 Å². The molecule has 0 saturated heterocycles. The molecule has 0 bridgehead atoms. The first-order chi connectivity index (χ1) is 14.2. The fraction of sp³-hybridized carbons (Fsp3) is 0.227. The van der Waals surface area contributed by atoms with Gasteiger partial charge in [0.05, 0.1) is 11.1 Å². The van der Waals surface area contributed by atoms with Gasteiger partial charge in [-0.3, -0.25) is 4.79 Å². The van der Waals surface area contributed by atoms with Crippen LogP contribution in [-0.2, 0) is 0 Å². The predicted molar refractivity (Wildman–Crippen MR) is 121 cm³/mol. The summed E-state index contributed by atoms with van der Waals surface area (Å²) in [7, 11) is 0. The van der Waals surface area contributed by atoms with Crippen molar-refractivity contribution in [3.8, 4) is 17.1 Å². The van der Waals surface area contributed by atoms with Crippen LogP contribution in [0.2, 0.25) is 0 Å². The van der Waals surface area contributed by atoms with Gasteiger partial charge < -0.3 is 4.74 Å². The SMILES string of the molecule is CCCCCOc1ccc(-c2nc3s/c(=C/c4ccccc4Br)c(=O)n3n2)cc1. The van der Waals surface area contributed by atoms with E-state index < -0.39 is 0 Å². The molecule has 0 spiro atoms. The van der Waals surface area contributed by atoms with E-state index in [1.807, 2.05) is 54.6 Å². The van der Waals surface area contributed by atoms with Gasteiger partial charge in [-0.15, -0.1) is 5.10 Å². The number of rotatable bonds is 7. The molecule has 4 rings (SSSR count). The Morgan fingerprint density at radius 3 is 2.66 bits per heavy atom. The number of benzene rings is 2. The van der Waals surface area contributed by atoms with E-state index in [0.717, 1.165) is 34.4 Å². The summed E-state index contributed by atoms with van der Waals surface area (Å²) in [6.45, 7) is 2.90. The van der Waals surface area contributed by atoms with Gasteiger partial charge in [-0.05, 0) is 48.4 Å². The molecule has 0 radical (unpaired) electrons. The lowest BCUT2D eigenvalue weighted by Gasteiger charge is -2.05. The minimum Gasteiger partial charge on any atom is -0.494 e. The summed E-state index contributed by atoms with van der Waals surface area (Å²) in [5.41, 5.74) is 1.65. The van der Waals surface area contributed by atoms with E-state index in [1.165, 1.54) is 28.7 Å². The highest BCUT2D eigenvalue weighted by atomic mass is 79.9. The highest BCUT2D eigenvalue weighted by Crippen LogP contribution is 2.21. The van der Waals surface area contributed by atoms with E-state index in [4.69, 9.17) is 4.74 Å². The van der Waals surface area contributed by atoms with Gasteiger partial charge in [-0.2, -0.15) is 9.50 Å².